The van der Waals surface area contributed by atoms with Crippen LogP contribution in [0.15, 0.2) is 54.6 Å². The zero-order chi connectivity index (χ0) is 19.6. The lowest BCUT2D eigenvalue weighted by Gasteiger charge is -2.19. The van der Waals surface area contributed by atoms with Crippen LogP contribution in [0.25, 0.3) is 10.9 Å². The number of rotatable bonds is 5. The Morgan fingerprint density at radius 1 is 1.15 bits per heavy atom. The number of carbonyl (C=O) groups is 1. The summed E-state index contributed by atoms with van der Waals surface area (Å²) < 4.78 is 0. The number of hydrogen-bond acceptors (Lipinski definition) is 4. The maximum Gasteiger partial charge on any atom is 0.269 e. The van der Waals surface area contributed by atoms with Gasteiger partial charge in [-0.3, -0.25) is 19.9 Å². The summed E-state index contributed by atoms with van der Waals surface area (Å²) in [4.78, 5) is 29.9. The highest BCUT2D eigenvalue weighted by Gasteiger charge is 2.18. The van der Waals surface area contributed by atoms with E-state index >= 15 is 0 Å². The van der Waals surface area contributed by atoms with Crippen LogP contribution in [0.2, 0.25) is 0 Å². The fourth-order valence-corrected chi connectivity index (χ4v) is 2.99. The van der Waals surface area contributed by atoms with E-state index in [1.54, 1.807) is 24.1 Å². The number of pyridine rings is 1. The Morgan fingerprint density at radius 3 is 2.59 bits per heavy atom. The standard InChI is InChI=1S/C21H21N3O3/c1-14(2)20-12-18(17-9-4-5-10-19(17)22-20)21(25)23(3)13-15-7-6-8-16(11-15)24(26)27/h4-12,14H,13H2,1-3H3. The average Bonchev–Trinajstić information content (AvgIpc) is 2.66. The highest BCUT2D eigenvalue weighted by Crippen LogP contribution is 2.24. The quantitative estimate of drug-likeness (QED) is 0.493. The molecule has 0 saturated carbocycles. The van der Waals surface area contributed by atoms with Crippen molar-refractivity contribution in [3.05, 3.63) is 81.5 Å². The van der Waals surface area contributed by atoms with Gasteiger partial charge in [-0.15, -0.1) is 0 Å². The SMILES string of the molecule is CC(C)c1cc(C(=O)N(C)Cc2cccc([N+](=O)[O-])c2)c2ccccc2n1. The van der Waals surface area contributed by atoms with Crippen LogP contribution in [0.3, 0.4) is 0 Å². The van der Waals surface area contributed by atoms with E-state index in [-0.39, 0.29) is 24.1 Å². The molecule has 3 rings (SSSR count). The Bertz CT molecular complexity index is 1010. The molecule has 0 N–H and O–H groups in total. The molecule has 2 aromatic carbocycles. The molecule has 0 atom stereocenters. The van der Waals surface area contributed by atoms with E-state index in [1.165, 1.54) is 12.1 Å². The van der Waals surface area contributed by atoms with Crippen LogP contribution in [0.1, 0.15) is 41.4 Å². The van der Waals surface area contributed by atoms with Gasteiger partial charge in [-0.25, -0.2) is 0 Å². The molecule has 6 nitrogen and oxygen atoms in total. The van der Waals surface area contributed by atoms with Crippen molar-refractivity contribution in [2.24, 2.45) is 0 Å². The smallest absolute Gasteiger partial charge is 0.269 e. The molecule has 138 valence electrons. The van der Waals surface area contributed by atoms with Crippen molar-refractivity contribution in [2.75, 3.05) is 7.05 Å². The summed E-state index contributed by atoms with van der Waals surface area (Å²) in [7, 11) is 1.70. The summed E-state index contributed by atoms with van der Waals surface area (Å²) in [6.45, 7) is 4.37. The van der Waals surface area contributed by atoms with Crippen molar-refractivity contribution in [2.45, 2.75) is 26.3 Å². The summed E-state index contributed by atoms with van der Waals surface area (Å²) in [6, 6.07) is 15.8. The summed E-state index contributed by atoms with van der Waals surface area (Å²) in [5, 5.41) is 11.8. The van der Waals surface area contributed by atoms with Gasteiger partial charge < -0.3 is 4.90 Å². The molecule has 0 bridgehead atoms. The van der Waals surface area contributed by atoms with Gasteiger partial charge in [-0.05, 0) is 23.6 Å². The number of non-ortho nitro benzene ring substituents is 1. The summed E-state index contributed by atoms with van der Waals surface area (Å²) >= 11 is 0. The van der Waals surface area contributed by atoms with Crippen molar-refractivity contribution in [1.29, 1.82) is 0 Å². The second-order valence-electron chi connectivity index (χ2n) is 6.85. The fourth-order valence-electron chi connectivity index (χ4n) is 2.99. The minimum absolute atomic E-state index is 0.0183. The molecular formula is C21H21N3O3. The van der Waals surface area contributed by atoms with Crippen LogP contribution in [0, 0.1) is 10.1 Å². The number of hydrogen-bond donors (Lipinski definition) is 0. The number of nitro benzene ring substituents is 1. The van der Waals surface area contributed by atoms with Crippen molar-refractivity contribution in [1.82, 2.24) is 9.88 Å². The number of aromatic nitrogens is 1. The zero-order valence-corrected chi connectivity index (χ0v) is 15.5. The lowest BCUT2D eigenvalue weighted by molar-refractivity contribution is -0.384. The Balaban J connectivity index is 1.95. The van der Waals surface area contributed by atoms with Gasteiger partial charge in [0, 0.05) is 36.8 Å². The third kappa shape index (κ3) is 3.95. The molecule has 0 aliphatic rings. The third-order valence-electron chi connectivity index (χ3n) is 4.45. The fraction of sp³-hybridized carbons (Fsp3) is 0.238. The van der Waals surface area contributed by atoms with E-state index in [0.717, 1.165) is 16.6 Å². The normalized spacial score (nSPS) is 11.0. The van der Waals surface area contributed by atoms with Gasteiger partial charge in [0.1, 0.15) is 0 Å². The van der Waals surface area contributed by atoms with Gasteiger partial charge in [-0.2, -0.15) is 0 Å². The summed E-state index contributed by atoms with van der Waals surface area (Å²) in [5.41, 5.74) is 2.97. The van der Waals surface area contributed by atoms with Gasteiger partial charge in [0.05, 0.1) is 16.0 Å². The summed E-state index contributed by atoms with van der Waals surface area (Å²) in [6.07, 6.45) is 0. The number of fused-ring (bicyclic) bond motifs is 1. The van der Waals surface area contributed by atoms with Gasteiger partial charge in [0.2, 0.25) is 0 Å². The molecule has 1 amide bonds. The monoisotopic (exact) mass is 363 g/mol. The highest BCUT2D eigenvalue weighted by molar-refractivity contribution is 6.06. The number of para-hydroxylation sites is 1. The Morgan fingerprint density at radius 2 is 1.89 bits per heavy atom. The minimum atomic E-state index is -0.434. The van der Waals surface area contributed by atoms with Gasteiger partial charge in [-0.1, -0.05) is 44.2 Å². The molecule has 27 heavy (non-hydrogen) atoms. The van der Waals surface area contributed by atoms with Crippen molar-refractivity contribution < 1.29 is 9.72 Å². The molecule has 0 radical (unpaired) electrons. The maximum absolute atomic E-state index is 13.1. The lowest BCUT2D eigenvalue weighted by atomic mass is 10.0. The van der Waals surface area contributed by atoms with Crippen LogP contribution in [-0.2, 0) is 6.54 Å². The van der Waals surface area contributed by atoms with Crippen LogP contribution < -0.4 is 0 Å². The maximum atomic E-state index is 13.1. The van der Waals surface area contributed by atoms with Gasteiger partial charge >= 0.3 is 0 Å². The first-order valence-electron chi connectivity index (χ1n) is 8.75. The highest BCUT2D eigenvalue weighted by atomic mass is 16.6. The molecular weight excluding hydrogens is 342 g/mol. The summed E-state index contributed by atoms with van der Waals surface area (Å²) in [5.74, 6) is 0.0604. The Kier molecular flexibility index (Phi) is 5.16. The predicted octanol–water partition coefficient (Wildman–Crippen LogP) is 4.54. The molecule has 0 aliphatic heterocycles. The topological polar surface area (TPSA) is 76.3 Å². The molecule has 0 aliphatic carbocycles. The number of nitrogens with zero attached hydrogens (tertiary/aromatic N) is 3. The molecule has 1 heterocycles. The van der Waals surface area contributed by atoms with E-state index < -0.39 is 4.92 Å². The molecule has 0 spiro atoms. The van der Waals surface area contributed by atoms with Crippen LogP contribution >= 0.6 is 0 Å². The minimum Gasteiger partial charge on any atom is -0.337 e. The lowest BCUT2D eigenvalue weighted by Crippen LogP contribution is -2.26. The average molecular weight is 363 g/mol. The second kappa shape index (κ2) is 7.53. The number of carbonyl (C=O) groups excluding carboxylic acids is 1. The number of nitro groups is 1. The molecule has 1 aromatic heterocycles. The van der Waals surface area contributed by atoms with E-state index in [9.17, 15) is 14.9 Å². The van der Waals surface area contributed by atoms with E-state index in [4.69, 9.17) is 0 Å². The Labute approximate surface area is 157 Å². The van der Waals surface area contributed by atoms with Crippen LogP contribution in [0.4, 0.5) is 5.69 Å². The second-order valence-corrected chi connectivity index (χ2v) is 6.85. The van der Waals surface area contributed by atoms with Crippen molar-refractivity contribution in [3.63, 3.8) is 0 Å². The van der Waals surface area contributed by atoms with E-state index in [0.29, 0.717) is 11.1 Å². The molecule has 0 unspecified atom stereocenters. The first-order valence-corrected chi connectivity index (χ1v) is 8.75. The van der Waals surface area contributed by atoms with Gasteiger partial charge in [0.15, 0.2) is 0 Å². The third-order valence-corrected chi connectivity index (χ3v) is 4.45. The zero-order valence-electron chi connectivity index (χ0n) is 15.5. The van der Waals surface area contributed by atoms with Crippen LogP contribution in [-0.4, -0.2) is 27.8 Å². The first kappa shape index (κ1) is 18.5. The molecule has 6 heteroatoms. The van der Waals surface area contributed by atoms with Crippen LogP contribution in [0.5, 0.6) is 0 Å². The Hall–Kier alpha value is -3.28. The van der Waals surface area contributed by atoms with Crippen molar-refractivity contribution in [3.8, 4) is 0 Å². The number of amides is 1. The van der Waals surface area contributed by atoms with E-state index in [2.05, 4.69) is 4.98 Å². The number of benzene rings is 2. The van der Waals surface area contributed by atoms with E-state index in [1.807, 2.05) is 44.2 Å². The molecule has 3 aromatic rings. The van der Waals surface area contributed by atoms with Crippen molar-refractivity contribution >= 4 is 22.5 Å². The molecule has 0 fully saturated rings. The first-order chi connectivity index (χ1) is 12.9. The molecule has 0 saturated heterocycles. The van der Waals surface area contributed by atoms with Gasteiger partial charge in [0.25, 0.3) is 11.6 Å². The largest absolute Gasteiger partial charge is 0.337 e. The predicted molar refractivity (Wildman–Crippen MR) is 105 cm³/mol.